The molecule has 1 aromatic rings. The number of benzene rings is 1. The molecule has 1 fully saturated rings. The number of carbonyl (C=O) groups excluding carboxylic acids is 1. The van der Waals surface area contributed by atoms with Crippen molar-refractivity contribution in [1.82, 2.24) is 4.90 Å². The van der Waals surface area contributed by atoms with E-state index in [0.29, 0.717) is 22.2 Å². The zero-order chi connectivity index (χ0) is 13.3. The molecule has 0 radical (unpaired) electrons. The van der Waals surface area contributed by atoms with E-state index in [1.165, 1.54) is 6.42 Å². The van der Waals surface area contributed by atoms with Crippen molar-refractivity contribution < 1.29 is 4.79 Å². The number of anilines is 1. The summed E-state index contributed by atoms with van der Waals surface area (Å²) in [6.07, 6.45) is 2.21. The first-order chi connectivity index (χ1) is 8.50. The van der Waals surface area contributed by atoms with E-state index in [1.54, 1.807) is 18.2 Å². The number of nitrogens with zero attached hydrogens (tertiary/aromatic N) is 1. The highest BCUT2D eigenvalue weighted by Crippen LogP contribution is 2.28. The van der Waals surface area contributed by atoms with E-state index in [0.717, 1.165) is 13.0 Å². The lowest BCUT2D eigenvalue weighted by Crippen LogP contribution is -2.45. The second kappa shape index (κ2) is 5.19. The minimum absolute atomic E-state index is 0.0443. The van der Waals surface area contributed by atoms with E-state index in [2.05, 4.69) is 13.8 Å². The van der Waals surface area contributed by atoms with E-state index in [9.17, 15) is 4.79 Å². The maximum atomic E-state index is 12.6. The van der Waals surface area contributed by atoms with Crippen LogP contribution in [0.4, 0.5) is 5.69 Å². The number of likely N-dealkylation sites (tertiary alicyclic amines) is 1. The maximum absolute atomic E-state index is 12.6. The fourth-order valence-electron chi connectivity index (χ4n) is 2.48. The molecule has 0 aromatic heterocycles. The summed E-state index contributed by atoms with van der Waals surface area (Å²) < 4.78 is 0. The third-order valence-electron chi connectivity index (χ3n) is 3.64. The van der Waals surface area contributed by atoms with E-state index < -0.39 is 0 Å². The number of amides is 1. The zero-order valence-corrected chi connectivity index (χ0v) is 11.6. The van der Waals surface area contributed by atoms with Gasteiger partial charge in [-0.3, -0.25) is 4.79 Å². The van der Waals surface area contributed by atoms with Gasteiger partial charge in [0.25, 0.3) is 5.91 Å². The van der Waals surface area contributed by atoms with Crippen molar-refractivity contribution in [3.63, 3.8) is 0 Å². The standard InChI is InChI=1S/C14H19ClN2O/c1-9-6-7-10(2)17(8-9)14(18)13-11(15)4-3-5-12(13)16/h3-5,9-10H,6-8,16H2,1-2H3. The highest BCUT2D eigenvalue weighted by molar-refractivity contribution is 6.34. The molecular weight excluding hydrogens is 248 g/mol. The second-order valence-corrected chi connectivity index (χ2v) is 5.60. The van der Waals surface area contributed by atoms with Crippen LogP contribution in [-0.2, 0) is 0 Å². The average Bonchev–Trinajstić information content (AvgIpc) is 2.32. The topological polar surface area (TPSA) is 46.3 Å². The molecule has 0 bridgehead atoms. The van der Waals surface area contributed by atoms with Crippen molar-refractivity contribution in [1.29, 1.82) is 0 Å². The lowest BCUT2D eigenvalue weighted by molar-refractivity contribution is 0.0575. The third kappa shape index (κ3) is 2.46. The van der Waals surface area contributed by atoms with Crippen molar-refractivity contribution in [3.8, 4) is 0 Å². The Hall–Kier alpha value is -1.22. The van der Waals surface area contributed by atoms with Gasteiger partial charge in [-0.1, -0.05) is 24.6 Å². The van der Waals surface area contributed by atoms with Crippen LogP contribution in [0.2, 0.25) is 5.02 Å². The molecule has 98 valence electrons. The van der Waals surface area contributed by atoms with Crippen molar-refractivity contribution in [3.05, 3.63) is 28.8 Å². The first-order valence-electron chi connectivity index (χ1n) is 6.35. The van der Waals surface area contributed by atoms with Gasteiger partial charge in [0.05, 0.1) is 10.6 Å². The van der Waals surface area contributed by atoms with Crippen LogP contribution in [0.3, 0.4) is 0 Å². The van der Waals surface area contributed by atoms with E-state index >= 15 is 0 Å². The van der Waals surface area contributed by atoms with Gasteiger partial charge >= 0.3 is 0 Å². The van der Waals surface area contributed by atoms with Crippen LogP contribution in [-0.4, -0.2) is 23.4 Å². The number of nitrogens with two attached hydrogens (primary N) is 1. The van der Waals surface area contributed by atoms with Gasteiger partial charge in [0.1, 0.15) is 0 Å². The van der Waals surface area contributed by atoms with Gasteiger partial charge in [-0.05, 0) is 37.8 Å². The van der Waals surface area contributed by atoms with Gasteiger partial charge in [0.2, 0.25) is 0 Å². The van der Waals surface area contributed by atoms with Crippen molar-refractivity contribution in [2.24, 2.45) is 5.92 Å². The average molecular weight is 267 g/mol. The van der Waals surface area contributed by atoms with Crippen LogP contribution in [0, 0.1) is 5.92 Å². The monoisotopic (exact) mass is 266 g/mol. The molecule has 1 aromatic carbocycles. The van der Waals surface area contributed by atoms with Crippen LogP contribution >= 0.6 is 11.6 Å². The van der Waals surface area contributed by atoms with Gasteiger partial charge in [-0.25, -0.2) is 0 Å². The highest BCUT2D eigenvalue weighted by Gasteiger charge is 2.29. The Morgan fingerprint density at radius 3 is 2.78 bits per heavy atom. The first-order valence-corrected chi connectivity index (χ1v) is 6.73. The van der Waals surface area contributed by atoms with E-state index in [4.69, 9.17) is 17.3 Å². The number of piperidine rings is 1. The summed E-state index contributed by atoms with van der Waals surface area (Å²) >= 11 is 6.10. The molecule has 1 saturated heterocycles. The minimum Gasteiger partial charge on any atom is -0.398 e. The fraction of sp³-hybridized carbons (Fsp3) is 0.500. The Bertz CT molecular complexity index is 441. The minimum atomic E-state index is -0.0443. The summed E-state index contributed by atoms with van der Waals surface area (Å²) in [6, 6.07) is 5.45. The molecule has 0 spiro atoms. The first kappa shape index (κ1) is 13.2. The molecule has 1 aliphatic heterocycles. The van der Waals surface area contributed by atoms with Gasteiger partial charge in [-0.2, -0.15) is 0 Å². The smallest absolute Gasteiger partial charge is 0.257 e. The molecule has 2 rings (SSSR count). The molecule has 2 N–H and O–H groups in total. The van der Waals surface area contributed by atoms with Gasteiger partial charge in [-0.15, -0.1) is 0 Å². The zero-order valence-electron chi connectivity index (χ0n) is 10.8. The summed E-state index contributed by atoms with van der Waals surface area (Å²) in [5.41, 5.74) is 6.78. The number of carbonyl (C=O) groups is 1. The predicted molar refractivity (Wildman–Crippen MR) is 74.8 cm³/mol. The van der Waals surface area contributed by atoms with Crippen molar-refractivity contribution >= 4 is 23.2 Å². The van der Waals surface area contributed by atoms with Gasteiger partial charge in [0.15, 0.2) is 0 Å². The highest BCUT2D eigenvalue weighted by atomic mass is 35.5. The molecule has 4 heteroatoms. The predicted octanol–water partition coefficient (Wildman–Crippen LogP) is 3.18. The number of halogens is 1. The molecular formula is C14H19ClN2O. The van der Waals surface area contributed by atoms with Crippen LogP contribution < -0.4 is 5.73 Å². The number of hydrogen-bond donors (Lipinski definition) is 1. The van der Waals surface area contributed by atoms with E-state index in [1.807, 2.05) is 4.90 Å². The summed E-state index contributed by atoms with van der Waals surface area (Å²) in [6.45, 7) is 5.03. The molecule has 18 heavy (non-hydrogen) atoms. The Balaban J connectivity index is 2.30. The summed E-state index contributed by atoms with van der Waals surface area (Å²) in [7, 11) is 0. The molecule has 3 nitrogen and oxygen atoms in total. The molecule has 2 unspecified atom stereocenters. The van der Waals surface area contributed by atoms with Crippen LogP contribution in [0.15, 0.2) is 18.2 Å². The number of rotatable bonds is 1. The maximum Gasteiger partial charge on any atom is 0.257 e. The summed E-state index contributed by atoms with van der Waals surface area (Å²) in [5.74, 6) is 0.492. The van der Waals surface area contributed by atoms with Gasteiger partial charge < -0.3 is 10.6 Å². The molecule has 1 amide bonds. The Kier molecular flexibility index (Phi) is 3.81. The second-order valence-electron chi connectivity index (χ2n) is 5.19. The summed E-state index contributed by atoms with van der Waals surface area (Å²) in [5, 5.41) is 0.436. The number of nitrogen functional groups attached to an aromatic ring is 1. The molecule has 1 heterocycles. The molecule has 1 aliphatic rings. The lowest BCUT2D eigenvalue weighted by atomic mass is 9.94. The Morgan fingerprint density at radius 1 is 1.39 bits per heavy atom. The third-order valence-corrected chi connectivity index (χ3v) is 3.95. The SMILES string of the molecule is CC1CCC(C)N(C(=O)c2c(N)cccc2Cl)C1. The Morgan fingerprint density at radius 2 is 2.11 bits per heavy atom. The normalized spacial score (nSPS) is 24.1. The fourth-order valence-corrected chi connectivity index (χ4v) is 2.74. The molecule has 0 aliphatic carbocycles. The quantitative estimate of drug-likeness (QED) is 0.794. The largest absolute Gasteiger partial charge is 0.398 e. The molecule has 0 saturated carbocycles. The Labute approximate surface area is 113 Å². The van der Waals surface area contributed by atoms with Gasteiger partial charge in [0, 0.05) is 18.3 Å². The lowest BCUT2D eigenvalue weighted by Gasteiger charge is -2.37. The van der Waals surface area contributed by atoms with Crippen molar-refractivity contribution in [2.75, 3.05) is 12.3 Å². The number of hydrogen-bond acceptors (Lipinski definition) is 2. The van der Waals surface area contributed by atoms with Crippen LogP contribution in [0.5, 0.6) is 0 Å². The molecule has 2 atom stereocenters. The van der Waals surface area contributed by atoms with Crippen LogP contribution in [0.25, 0.3) is 0 Å². The van der Waals surface area contributed by atoms with Crippen LogP contribution in [0.1, 0.15) is 37.0 Å². The summed E-state index contributed by atoms with van der Waals surface area (Å²) in [4.78, 5) is 14.5. The van der Waals surface area contributed by atoms with Crippen molar-refractivity contribution in [2.45, 2.75) is 32.7 Å². The van der Waals surface area contributed by atoms with E-state index in [-0.39, 0.29) is 11.9 Å².